The van der Waals surface area contributed by atoms with Crippen LogP contribution in [0.5, 0.6) is 0 Å². The van der Waals surface area contributed by atoms with Gasteiger partial charge in [0.25, 0.3) is 0 Å². The Bertz CT molecular complexity index is 55.7. The van der Waals surface area contributed by atoms with Gasteiger partial charge in [-0.3, -0.25) is 0 Å². The molecule has 0 atom stereocenters. The molecule has 0 unspecified atom stereocenters. The van der Waals surface area contributed by atoms with Crippen LogP contribution >= 0.6 is 11.9 Å². The third-order valence-electron chi connectivity index (χ3n) is 0.390. The minimum Gasteiger partial charge on any atom is -0.483 e. The van der Waals surface area contributed by atoms with Crippen LogP contribution in [0.25, 0.3) is 0 Å². The zero-order chi connectivity index (χ0) is 5.54. The van der Waals surface area contributed by atoms with Gasteiger partial charge in [-0.15, -0.1) is 0 Å². The lowest BCUT2D eigenvalue weighted by Crippen LogP contribution is -1.81. The molecule has 0 bridgehead atoms. The predicted octanol–water partition coefficient (Wildman–Crippen LogP) is 1.33. The van der Waals surface area contributed by atoms with Crippen LogP contribution < -0.4 is 0 Å². The first kappa shape index (κ1) is 6.82. The molecule has 7 heavy (non-hydrogen) atoms. The van der Waals surface area contributed by atoms with Crippen molar-refractivity contribution < 1.29 is 4.74 Å². The summed E-state index contributed by atoms with van der Waals surface area (Å²) in [6.07, 6.45) is 3.33. The highest BCUT2D eigenvalue weighted by atomic mass is 32.2. The highest BCUT2D eigenvalue weighted by Crippen LogP contribution is 1.88. The number of rotatable bonds is 3. The SMILES string of the molecule is CCOC=NSC. The molecule has 0 radical (unpaired) electrons. The molecule has 0 rings (SSSR count). The fourth-order valence-electron chi connectivity index (χ4n) is 0.148. The Morgan fingerprint density at radius 2 is 2.57 bits per heavy atom. The van der Waals surface area contributed by atoms with E-state index in [2.05, 4.69) is 4.40 Å². The van der Waals surface area contributed by atoms with Crippen LogP contribution in [0.3, 0.4) is 0 Å². The second-order valence-corrected chi connectivity index (χ2v) is 1.42. The molecule has 0 aromatic rings. The topological polar surface area (TPSA) is 21.6 Å². The maximum absolute atomic E-state index is 4.76. The van der Waals surface area contributed by atoms with Crippen LogP contribution in [-0.2, 0) is 4.74 Å². The number of hydrogen-bond acceptors (Lipinski definition) is 3. The summed E-state index contributed by atoms with van der Waals surface area (Å²) in [4.78, 5) is 0. The van der Waals surface area contributed by atoms with E-state index in [4.69, 9.17) is 4.74 Å². The van der Waals surface area contributed by atoms with Crippen molar-refractivity contribution in [3.8, 4) is 0 Å². The lowest BCUT2D eigenvalue weighted by atomic mass is 10.9. The summed E-state index contributed by atoms with van der Waals surface area (Å²) in [5.74, 6) is 0. The Morgan fingerprint density at radius 3 is 3.00 bits per heavy atom. The van der Waals surface area contributed by atoms with Gasteiger partial charge in [-0.1, -0.05) is 0 Å². The van der Waals surface area contributed by atoms with Crippen molar-refractivity contribution in [3.63, 3.8) is 0 Å². The molecule has 3 heteroatoms. The van der Waals surface area contributed by atoms with Crippen molar-refractivity contribution in [1.82, 2.24) is 0 Å². The zero-order valence-electron chi connectivity index (χ0n) is 4.55. The fraction of sp³-hybridized carbons (Fsp3) is 0.750. The predicted molar refractivity (Wildman–Crippen MR) is 33.6 cm³/mol. The van der Waals surface area contributed by atoms with Gasteiger partial charge < -0.3 is 4.74 Å². The molecule has 0 fully saturated rings. The van der Waals surface area contributed by atoms with Gasteiger partial charge in [-0.25, -0.2) is 0 Å². The highest BCUT2D eigenvalue weighted by molar-refractivity contribution is 7.97. The summed E-state index contributed by atoms with van der Waals surface area (Å²) in [6.45, 7) is 2.62. The van der Waals surface area contributed by atoms with Gasteiger partial charge in [-0.05, 0) is 18.9 Å². The van der Waals surface area contributed by atoms with E-state index in [1.54, 1.807) is 0 Å². The van der Waals surface area contributed by atoms with Crippen LogP contribution in [-0.4, -0.2) is 19.3 Å². The van der Waals surface area contributed by atoms with Crippen LogP contribution in [0.4, 0.5) is 0 Å². The second-order valence-electron chi connectivity index (χ2n) is 0.849. The summed E-state index contributed by atoms with van der Waals surface area (Å²) in [5.41, 5.74) is 0. The normalized spacial score (nSPS) is 10.0. The summed E-state index contributed by atoms with van der Waals surface area (Å²) in [6, 6.07) is 0. The molecular weight excluding hydrogens is 110 g/mol. The average Bonchev–Trinajstić information content (AvgIpc) is 1.69. The van der Waals surface area contributed by atoms with E-state index < -0.39 is 0 Å². The standard InChI is InChI=1S/C4H9NOS/c1-3-6-4-5-7-2/h4H,3H2,1-2H3. The second kappa shape index (κ2) is 5.82. The molecule has 0 aromatic heterocycles. The van der Waals surface area contributed by atoms with E-state index in [9.17, 15) is 0 Å². The van der Waals surface area contributed by atoms with E-state index in [1.165, 1.54) is 18.3 Å². The summed E-state index contributed by atoms with van der Waals surface area (Å²) >= 11 is 1.39. The van der Waals surface area contributed by atoms with Gasteiger partial charge in [-0.2, -0.15) is 4.40 Å². The first-order chi connectivity index (χ1) is 3.41. The Labute approximate surface area is 48.1 Å². The molecule has 0 spiro atoms. The van der Waals surface area contributed by atoms with Crippen LogP contribution in [0.15, 0.2) is 4.40 Å². The third kappa shape index (κ3) is 5.82. The summed E-state index contributed by atoms with van der Waals surface area (Å²) < 4.78 is 8.49. The zero-order valence-corrected chi connectivity index (χ0v) is 5.36. The molecule has 42 valence electrons. The maximum Gasteiger partial charge on any atom is 0.181 e. The third-order valence-corrected chi connectivity index (χ3v) is 0.687. The van der Waals surface area contributed by atoms with E-state index >= 15 is 0 Å². The van der Waals surface area contributed by atoms with Gasteiger partial charge in [0, 0.05) is 6.26 Å². The smallest absolute Gasteiger partial charge is 0.181 e. The summed E-state index contributed by atoms with van der Waals surface area (Å²) in [7, 11) is 0. The molecule has 0 N–H and O–H groups in total. The maximum atomic E-state index is 4.76. The monoisotopic (exact) mass is 119 g/mol. The van der Waals surface area contributed by atoms with Crippen LogP contribution in [0.1, 0.15) is 6.92 Å². The molecule has 0 saturated heterocycles. The summed E-state index contributed by atoms with van der Waals surface area (Å²) in [5, 5.41) is 0. The molecule has 0 heterocycles. The number of ether oxygens (including phenoxy) is 1. The first-order valence-corrected chi connectivity index (χ1v) is 3.26. The molecule has 0 aliphatic carbocycles. The van der Waals surface area contributed by atoms with Crippen molar-refractivity contribution in [2.45, 2.75) is 6.92 Å². The molecule has 0 aromatic carbocycles. The first-order valence-electron chi connectivity index (χ1n) is 2.08. The molecular formula is C4H9NOS. The van der Waals surface area contributed by atoms with Crippen molar-refractivity contribution in [3.05, 3.63) is 0 Å². The minimum absolute atomic E-state index is 0.698. The molecule has 0 aliphatic rings. The lowest BCUT2D eigenvalue weighted by Gasteiger charge is -1.86. The molecule has 0 saturated carbocycles. The fourth-order valence-corrected chi connectivity index (χ4v) is 0.295. The quantitative estimate of drug-likeness (QED) is 0.317. The molecule has 0 amide bonds. The molecule has 0 aliphatic heterocycles. The van der Waals surface area contributed by atoms with Gasteiger partial charge in [0.2, 0.25) is 0 Å². The van der Waals surface area contributed by atoms with Gasteiger partial charge in [0.05, 0.1) is 6.61 Å². The van der Waals surface area contributed by atoms with E-state index in [0.29, 0.717) is 6.61 Å². The largest absolute Gasteiger partial charge is 0.483 e. The minimum atomic E-state index is 0.698. The average molecular weight is 119 g/mol. The van der Waals surface area contributed by atoms with E-state index in [-0.39, 0.29) is 0 Å². The van der Waals surface area contributed by atoms with Crippen molar-refractivity contribution in [2.75, 3.05) is 12.9 Å². The Kier molecular flexibility index (Phi) is 5.67. The highest BCUT2D eigenvalue weighted by Gasteiger charge is 1.65. The number of nitrogens with zero attached hydrogens (tertiary/aromatic N) is 1. The Balaban J connectivity index is 2.78. The van der Waals surface area contributed by atoms with Crippen molar-refractivity contribution >= 4 is 18.3 Å². The van der Waals surface area contributed by atoms with Crippen molar-refractivity contribution in [2.24, 2.45) is 4.40 Å². The van der Waals surface area contributed by atoms with Crippen LogP contribution in [0.2, 0.25) is 0 Å². The van der Waals surface area contributed by atoms with E-state index in [1.807, 2.05) is 13.2 Å². The van der Waals surface area contributed by atoms with Gasteiger partial charge in [0.15, 0.2) is 6.40 Å². The van der Waals surface area contributed by atoms with Crippen molar-refractivity contribution in [1.29, 1.82) is 0 Å². The lowest BCUT2D eigenvalue weighted by molar-refractivity contribution is 0.345. The van der Waals surface area contributed by atoms with Gasteiger partial charge in [0.1, 0.15) is 0 Å². The van der Waals surface area contributed by atoms with Crippen LogP contribution in [0, 0.1) is 0 Å². The Morgan fingerprint density at radius 1 is 1.86 bits per heavy atom. The number of hydrogen-bond donors (Lipinski definition) is 0. The molecule has 2 nitrogen and oxygen atoms in total. The van der Waals surface area contributed by atoms with E-state index in [0.717, 1.165) is 0 Å². The Hall–Kier alpha value is -0.180. The van der Waals surface area contributed by atoms with Gasteiger partial charge >= 0.3 is 0 Å².